The quantitative estimate of drug-likeness (QED) is 0.362. The highest BCUT2D eigenvalue weighted by Gasteiger charge is 2.07. The zero-order valence-corrected chi connectivity index (χ0v) is 11.5. The van der Waals surface area contributed by atoms with Crippen molar-refractivity contribution in [3.05, 3.63) is 0 Å². The molecule has 0 aliphatic carbocycles. The van der Waals surface area contributed by atoms with Gasteiger partial charge in [-0.25, -0.2) is 0 Å². The normalized spacial score (nSPS) is 12.9. The van der Waals surface area contributed by atoms with Gasteiger partial charge in [-0.05, 0) is 19.3 Å². The van der Waals surface area contributed by atoms with E-state index in [0.29, 0.717) is 0 Å². The average Bonchev–Trinajstić information content (AvgIpc) is 2.29. The highest BCUT2D eigenvalue weighted by Crippen LogP contribution is 2.07. The molecule has 0 aromatic carbocycles. The summed E-state index contributed by atoms with van der Waals surface area (Å²) in [6.07, 6.45) is 9.58. The van der Waals surface area contributed by atoms with Crippen LogP contribution in [-0.4, -0.2) is 19.5 Å². The third kappa shape index (κ3) is 10.4. The molecule has 0 heterocycles. The molecule has 0 saturated carbocycles. The SMILES string of the molecule is CCCCCCOC(CCC)OCCCC. The van der Waals surface area contributed by atoms with E-state index >= 15 is 0 Å². The molecule has 0 aliphatic rings. The number of hydrogen-bond acceptors (Lipinski definition) is 2. The summed E-state index contributed by atoms with van der Waals surface area (Å²) in [5.41, 5.74) is 0. The van der Waals surface area contributed by atoms with Gasteiger partial charge in [0.15, 0.2) is 6.29 Å². The molecule has 0 bridgehead atoms. The van der Waals surface area contributed by atoms with Crippen molar-refractivity contribution in [2.75, 3.05) is 13.2 Å². The second-order valence-electron chi connectivity index (χ2n) is 4.37. The Hall–Kier alpha value is -0.0800. The first-order valence-corrected chi connectivity index (χ1v) is 7.08. The first-order chi connectivity index (χ1) is 7.85. The molecule has 98 valence electrons. The Kier molecular flexibility index (Phi) is 12.9. The van der Waals surface area contributed by atoms with Crippen LogP contribution >= 0.6 is 0 Å². The lowest BCUT2D eigenvalue weighted by atomic mass is 10.2. The molecule has 2 nitrogen and oxygen atoms in total. The zero-order chi connectivity index (χ0) is 12.1. The minimum absolute atomic E-state index is 0.0400. The average molecular weight is 230 g/mol. The zero-order valence-electron chi connectivity index (χ0n) is 11.5. The summed E-state index contributed by atoms with van der Waals surface area (Å²) in [6, 6.07) is 0. The first-order valence-electron chi connectivity index (χ1n) is 7.08. The van der Waals surface area contributed by atoms with Crippen LogP contribution < -0.4 is 0 Å². The fourth-order valence-electron chi connectivity index (χ4n) is 1.55. The van der Waals surface area contributed by atoms with Crippen LogP contribution in [0.3, 0.4) is 0 Å². The molecule has 0 aliphatic heterocycles. The van der Waals surface area contributed by atoms with Crippen LogP contribution in [0, 0.1) is 0 Å². The van der Waals surface area contributed by atoms with Crippen molar-refractivity contribution in [3.8, 4) is 0 Å². The van der Waals surface area contributed by atoms with Gasteiger partial charge in [-0.2, -0.15) is 0 Å². The molecule has 0 aromatic rings. The van der Waals surface area contributed by atoms with Crippen molar-refractivity contribution in [1.29, 1.82) is 0 Å². The van der Waals surface area contributed by atoms with Gasteiger partial charge in [0.25, 0.3) is 0 Å². The summed E-state index contributed by atoms with van der Waals surface area (Å²) in [5, 5.41) is 0. The third-order valence-electron chi connectivity index (χ3n) is 2.63. The first kappa shape index (κ1) is 15.9. The van der Waals surface area contributed by atoms with Crippen LogP contribution in [0.25, 0.3) is 0 Å². The van der Waals surface area contributed by atoms with Gasteiger partial charge >= 0.3 is 0 Å². The monoisotopic (exact) mass is 230 g/mol. The number of unbranched alkanes of at least 4 members (excludes halogenated alkanes) is 4. The molecule has 0 saturated heterocycles. The minimum atomic E-state index is 0.0400. The van der Waals surface area contributed by atoms with Gasteiger partial charge in [-0.3, -0.25) is 0 Å². The summed E-state index contributed by atoms with van der Waals surface area (Å²) in [4.78, 5) is 0. The smallest absolute Gasteiger partial charge is 0.157 e. The molecule has 0 N–H and O–H groups in total. The van der Waals surface area contributed by atoms with Crippen molar-refractivity contribution in [1.82, 2.24) is 0 Å². The summed E-state index contributed by atoms with van der Waals surface area (Å²) in [5.74, 6) is 0. The van der Waals surface area contributed by atoms with Crippen molar-refractivity contribution in [3.63, 3.8) is 0 Å². The predicted octanol–water partition coefficient (Wildman–Crippen LogP) is 4.53. The number of hydrogen-bond donors (Lipinski definition) is 0. The lowest BCUT2D eigenvalue weighted by molar-refractivity contribution is -0.147. The lowest BCUT2D eigenvalue weighted by Crippen LogP contribution is -2.18. The Bertz CT molecular complexity index is 126. The second-order valence-corrected chi connectivity index (χ2v) is 4.37. The van der Waals surface area contributed by atoms with Gasteiger partial charge in [0, 0.05) is 13.2 Å². The molecular weight excluding hydrogens is 200 g/mol. The van der Waals surface area contributed by atoms with E-state index in [4.69, 9.17) is 9.47 Å². The summed E-state index contributed by atoms with van der Waals surface area (Å²) in [6.45, 7) is 8.29. The molecule has 0 amide bonds. The standard InChI is InChI=1S/C14H30O2/c1-4-7-9-10-13-16-14(11-6-3)15-12-8-5-2/h14H,4-13H2,1-3H3. The Morgan fingerprint density at radius 2 is 1.31 bits per heavy atom. The maximum absolute atomic E-state index is 5.75. The minimum Gasteiger partial charge on any atom is -0.353 e. The largest absolute Gasteiger partial charge is 0.353 e. The van der Waals surface area contributed by atoms with Gasteiger partial charge < -0.3 is 9.47 Å². The van der Waals surface area contributed by atoms with Crippen LogP contribution in [0.4, 0.5) is 0 Å². The Morgan fingerprint density at radius 1 is 0.688 bits per heavy atom. The Morgan fingerprint density at radius 3 is 1.88 bits per heavy atom. The molecule has 2 heteroatoms. The van der Waals surface area contributed by atoms with E-state index in [1.807, 2.05) is 0 Å². The lowest BCUT2D eigenvalue weighted by Gasteiger charge is -2.17. The Labute approximate surface area is 102 Å². The van der Waals surface area contributed by atoms with Crippen LogP contribution in [-0.2, 0) is 9.47 Å². The van der Waals surface area contributed by atoms with Crippen LogP contribution in [0.5, 0.6) is 0 Å². The fraction of sp³-hybridized carbons (Fsp3) is 1.00. The molecule has 0 aromatic heterocycles. The number of rotatable bonds is 12. The summed E-state index contributed by atoms with van der Waals surface area (Å²) in [7, 11) is 0. The maximum atomic E-state index is 5.75. The van der Waals surface area contributed by atoms with Crippen LogP contribution in [0.2, 0.25) is 0 Å². The van der Waals surface area contributed by atoms with E-state index < -0.39 is 0 Å². The van der Waals surface area contributed by atoms with Crippen molar-refractivity contribution >= 4 is 0 Å². The topological polar surface area (TPSA) is 18.5 Å². The summed E-state index contributed by atoms with van der Waals surface area (Å²) >= 11 is 0. The van der Waals surface area contributed by atoms with E-state index in [-0.39, 0.29) is 6.29 Å². The van der Waals surface area contributed by atoms with Crippen LogP contribution in [0.1, 0.15) is 72.1 Å². The molecule has 0 rings (SSSR count). The summed E-state index contributed by atoms with van der Waals surface area (Å²) < 4.78 is 11.5. The molecule has 1 unspecified atom stereocenters. The molecule has 0 radical (unpaired) electrons. The molecule has 0 fully saturated rings. The Balaban J connectivity index is 3.43. The second kappa shape index (κ2) is 13.0. The van der Waals surface area contributed by atoms with E-state index in [1.54, 1.807) is 0 Å². The predicted molar refractivity (Wildman–Crippen MR) is 69.7 cm³/mol. The maximum Gasteiger partial charge on any atom is 0.157 e. The van der Waals surface area contributed by atoms with Gasteiger partial charge in [-0.15, -0.1) is 0 Å². The van der Waals surface area contributed by atoms with Gasteiger partial charge in [-0.1, -0.05) is 52.9 Å². The van der Waals surface area contributed by atoms with E-state index in [9.17, 15) is 0 Å². The van der Waals surface area contributed by atoms with Crippen molar-refractivity contribution < 1.29 is 9.47 Å². The molecule has 1 atom stereocenters. The molecular formula is C14H30O2. The molecule has 16 heavy (non-hydrogen) atoms. The van der Waals surface area contributed by atoms with Crippen LogP contribution in [0.15, 0.2) is 0 Å². The highest BCUT2D eigenvalue weighted by molar-refractivity contribution is 4.46. The third-order valence-corrected chi connectivity index (χ3v) is 2.63. The van der Waals surface area contributed by atoms with Crippen molar-refractivity contribution in [2.45, 2.75) is 78.4 Å². The van der Waals surface area contributed by atoms with Gasteiger partial charge in [0.2, 0.25) is 0 Å². The molecule has 0 spiro atoms. The van der Waals surface area contributed by atoms with E-state index in [0.717, 1.165) is 32.5 Å². The van der Waals surface area contributed by atoms with Crippen molar-refractivity contribution in [2.24, 2.45) is 0 Å². The number of ether oxygens (including phenoxy) is 2. The van der Waals surface area contributed by atoms with E-state index in [1.165, 1.54) is 32.1 Å². The highest BCUT2D eigenvalue weighted by atomic mass is 16.7. The van der Waals surface area contributed by atoms with Gasteiger partial charge in [0.1, 0.15) is 0 Å². The van der Waals surface area contributed by atoms with Gasteiger partial charge in [0.05, 0.1) is 0 Å². The fourth-order valence-corrected chi connectivity index (χ4v) is 1.55. The van der Waals surface area contributed by atoms with E-state index in [2.05, 4.69) is 20.8 Å².